The summed E-state index contributed by atoms with van der Waals surface area (Å²) in [5.41, 5.74) is 5.54. The molecule has 2 radical (unpaired) electrons. The highest BCUT2D eigenvalue weighted by Gasteiger charge is 2.17. The zero-order valence-corrected chi connectivity index (χ0v) is 14.0. The summed E-state index contributed by atoms with van der Waals surface area (Å²) in [5, 5.41) is 3.15. The summed E-state index contributed by atoms with van der Waals surface area (Å²) in [4.78, 5) is 0. The summed E-state index contributed by atoms with van der Waals surface area (Å²) in [5.74, 6) is 0. The predicted octanol–water partition coefficient (Wildman–Crippen LogP) is 5.43. The van der Waals surface area contributed by atoms with Crippen LogP contribution in [0, 0.1) is 0 Å². The number of rotatable bonds is 4. The molecular weight excluding hydrogens is 292 g/mol. The van der Waals surface area contributed by atoms with Gasteiger partial charge in [0.15, 0.2) is 0 Å². The zero-order chi connectivity index (χ0) is 15.5. The van der Waals surface area contributed by atoms with Crippen LogP contribution in [0.15, 0.2) is 95.4 Å². The molecule has 0 unspecified atom stereocenters. The summed E-state index contributed by atoms with van der Waals surface area (Å²) in [6.07, 6.45) is 11.4. The molecule has 0 atom stereocenters. The van der Waals surface area contributed by atoms with Crippen molar-refractivity contribution in [1.82, 2.24) is 0 Å². The van der Waals surface area contributed by atoms with Crippen LogP contribution >= 0.6 is 0 Å². The van der Waals surface area contributed by atoms with Crippen molar-refractivity contribution in [3.05, 3.63) is 106 Å². The molecule has 1 heteroatoms. The third kappa shape index (κ3) is 2.93. The Morgan fingerprint density at radius 3 is 1.43 bits per heavy atom. The Bertz CT molecular complexity index is 749. The van der Waals surface area contributed by atoms with Crippen LogP contribution in [0.25, 0.3) is 11.1 Å². The maximum Gasteiger partial charge on any atom is 0.112 e. The molecule has 0 heterocycles. The fourth-order valence-corrected chi connectivity index (χ4v) is 4.73. The third-order valence-corrected chi connectivity index (χ3v) is 5.89. The van der Waals surface area contributed by atoms with Crippen molar-refractivity contribution in [3.63, 3.8) is 0 Å². The van der Waals surface area contributed by atoms with E-state index in [1.165, 1.54) is 22.3 Å². The molecule has 0 spiro atoms. The number of allylic oxidation sites excluding steroid dienone is 8. The predicted molar refractivity (Wildman–Crippen MR) is 100.0 cm³/mol. The third-order valence-electron chi connectivity index (χ3n) is 4.33. The molecule has 2 aromatic rings. The summed E-state index contributed by atoms with van der Waals surface area (Å²) < 4.78 is 0. The van der Waals surface area contributed by atoms with Crippen LogP contribution in [0.4, 0.5) is 0 Å². The van der Waals surface area contributed by atoms with E-state index in [4.69, 9.17) is 0 Å². The van der Waals surface area contributed by atoms with Crippen LogP contribution in [0.5, 0.6) is 0 Å². The lowest BCUT2D eigenvalue weighted by molar-refractivity contribution is 1.35. The highest BCUT2D eigenvalue weighted by molar-refractivity contribution is 6.58. The average molecular weight is 310 g/mol. The van der Waals surface area contributed by atoms with E-state index < -0.39 is 0 Å². The lowest BCUT2D eigenvalue weighted by Gasteiger charge is -2.11. The Morgan fingerprint density at radius 1 is 0.565 bits per heavy atom. The second-order valence-corrected chi connectivity index (χ2v) is 7.31. The van der Waals surface area contributed by atoms with Gasteiger partial charge in [-0.25, -0.2) is 0 Å². The SMILES string of the molecule is C1=CC(c2ccccc2)=C([Si]C2=C(c3ccccc3)C=CC2)C1. The van der Waals surface area contributed by atoms with Gasteiger partial charge >= 0.3 is 0 Å². The van der Waals surface area contributed by atoms with Gasteiger partial charge in [-0.3, -0.25) is 0 Å². The normalized spacial score (nSPS) is 16.7. The highest BCUT2D eigenvalue weighted by Crippen LogP contribution is 2.33. The average Bonchev–Trinajstić information content (AvgIpc) is 3.26. The summed E-state index contributed by atoms with van der Waals surface area (Å²) >= 11 is 0. The number of hydrogen-bond donors (Lipinski definition) is 0. The van der Waals surface area contributed by atoms with Gasteiger partial charge in [-0.2, -0.15) is 0 Å². The molecular formula is C22H18Si. The lowest BCUT2D eigenvalue weighted by atomic mass is 10.1. The van der Waals surface area contributed by atoms with Gasteiger partial charge in [-0.1, -0.05) is 95.4 Å². The zero-order valence-electron chi connectivity index (χ0n) is 13.0. The van der Waals surface area contributed by atoms with Crippen LogP contribution in [0.3, 0.4) is 0 Å². The summed E-state index contributed by atoms with van der Waals surface area (Å²) in [7, 11) is 0.785. The molecule has 0 fully saturated rings. The van der Waals surface area contributed by atoms with Crippen molar-refractivity contribution >= 4 is 20.7 Å². The minimum absolute atomic E-state index is 0.785. The van der Waals surface area contributed by atoms with Crippen LogP contribution in [-0.4, -0.2) is 9.52 Å². The first kappa shape index (κ1) is 14.2. The molecule has 4 rings (SSSR count). The van der Waals surface area contributed by atoms with E-state index in [9.17, 15) is 0 Å². The van der Waals surface area contributed by atoms with Crippen LogP contribution in [0.1, 0.15) is 24.0 Å². The van der Waals surface area contributed by atoms with Gasteiger partial charge in [0, 0.05) is 0 Å². The van der Waals surface area contributed by atoms with Gasteiger partial charge in [0.2, 0.25) is 0 Å². The van der Waals surface area contributed by atoms with Crippen molar-refractivity contribution in [2.75, 3.05) is 0 Å². The maximum absolute atomic E-state index is 2.30. The van der Waals surface area contributed by atoms with Crippen molar-refractivity contribution in [2.45, 2.75) is 12.8 Å². The Balaban J connectivity index is 1.67. The lowest BCUT2D eigenvalue weighted by Crippen LogP contribution is -2.02. The Morgan fingerprint density at radius 2 is 1.00 bits per heavy atom. The first-order valence-electron chi connectivity index (χ1n) is 8.09. The molecule has 0 aliphatic heterocycles. The van der Waals surface area contributed by atoms with E-state index in [0.717, 1.165) is 22.4 Å². The molecule has 2 aliphatic carbocycles. The quantitative estimate of drug-likeness (QED) is 0.660. The minimum atomic E-state index is 0.785. The van der Waals surface area contributed by atoms with Gasteiger partial charge in [0.25, 0.3) is 0 Å². The highest BCUT2D eigenvalue weighted by atomic mass is 28.2. The van der Waals surface area contributed by atoms with E-state index in [0.29, 0.717) is 0 Å². The molecule has 0 nitrogen and oxygen atoms in total. The molecule has 0 aromatic heterocycles. The van der Waals surface area contributed by atoms with Gasteiger partial charge in [0.05, 0.1) is 0 Å². The standard InChI is InChI=1S/C22H18Si/c1-3-9-17(10-4-1)19-13-7-15-21(19)23-22-16-8-14-20(22)18-11-5-2-6-12-18/h1-14H,15-16H2. The largest absolute Gasteiger partial charge is 0.112 e. The van der Waals surface area contributed by atoms with E-state index in [2.05, 4.69) is 85.0 Å². The number of benzene rings is 2. The second-order valence-electron chi connectivity index (χ2n) is 5.85. The van der Waals surface area contributed by atoms with E-state index in [-0.39, 0.29) is 0 Å². The second kappa shape index (κ2) is 6.39. The topological polar surface area (TPSA) is 0 Å². The van der Waals surface area contributed by atoms with Gasteiger partial charge in [-0.15, -0.1) is 0 Å². The van der Waals surface area contributed by atoms with E-state index >= 15 is 0 Å². The fraction of sp³-hybridized carbons (Fsp3) is 0.0909. The number of hydrogen-bond acceptors (Lipinski definition) is 0. The molecule has 0 saturated carbocycles. The van der Waals surface area contributed by atoms with Crippen molar-refractivity contribution in [2.24, 2.45) is 0 Å². The monoisotopic (exact) mass is 310 g/mol. The van der Waals surface area contributed by atoms with Gasteiger partial charge < -0.3 is 0 Å². The summed E-state index contributed by atoms with van der Waals surface area (Å²) in [6.45, 7) is 0. The minimum Gasteiger partial charge on any atom is -0.0802 e. The van der Waals surface area contributed by atoms with Crippen molar-refractivity contribution in [3.8, 4) is 0 Å². The molecule has 0 saturated heterocycles. The molecule has 0 bridgehead atoms. The van der Waals surface area contributed by atoms with Crippen LogP contribution < -0.4 is 0 Å². The Labute approximate surface area is 140 Å². The smallest absolute Gasteiger partial charge is 0.0802 e. The molecule has 110 valence electrons. The summed E-state index contributed by atoms with van der Waals surface area (Å²) in [6, 6.07) is 21.5. The van der Waals surface area contributed by atoms with Gasteiger partial charge in [-0.05, 0) is 35.1 Å². The Kier molecular flexibility index (Phi) is 3.95. The van der Waals surface area contributed by atoms with Crippen molar-refractivity contribution < 1.29 is 0 Å². The fourth-order valence-electron chi connectivity index (χ4n) is 3.21. The maximum atomic E-state index is 2.30. The van der Waals surface area contributed by atoms with Crippen LogP contribution in [-0.2, 0) is 0 Å². The molecule has 0 N–H and O–H groups in total. The molecule has 0 amide bonds. The van der Waals surface area contributed by atoms with Crippen molar-refractivity contribution in [1.29, 1.82) is 0 Å². The van der Waals surface area contributed by atoms with E-state index in [1.807, 2.05) is 0 Å². The van der Waals surface area contributed by atoms with Crippen LogP contribution in [0.2, 0.25) is 0 Å². The molecule has 23 heavy (non-hydrogen) atoms. The Hall–Kier alpha value is -2.38. The first-order chi connectivity index (χ1) is 11.4. The van der Waals surface area contributed by atoms with Gasteiger partial charge in [0.1, 0.15) is 9.52 Å². The molecule has 2 aliphatic rings. The first-order valence-corrected chi connectivity index (χ1v) is 9.09. The molecule has 2 aromatic carbocycles. The van der Waals surface area contributed by atoms with E-state index in [1.54, 1.807) is 10.4 Å².